The molecule has 0 aliphatic rings. The van der Waals surface area contributed by atoms with Crippen molar-refractivity contribution in [2.24, 2.45) is 4.99 Å². The van der Waals surface area contributed by atoms with Crippen molar-refractivity contribution in [3.8, 4) is 0 Å². The summed E-state index contributed by atoms with van der Waals surface area (Å²) in [5.41, 5.74) is 3.78. The van der Waals surface area contributed by atoms with Crippen LogP contribution in [0.15, 0.2) is 23.2 Å². The first-order valence-electron chi connectivity index (χ1n) is 5.23. The second-order valence-electron chi connectivity index (χ2n) is 3.88. The molecule has 0 bridgehead atoms. The summed E-state index contributed by atoms with van der Waals surface area (Å²) in [5, 5.41) is 0. The van der Waals surface area contributed by atoms with Crippen LogP contribution in [0.4, 0.5) is 0 Å². The minimum Gasteiger partial charge on any atom is -0.380 e. The summed E-state index contributed by atoms with van der Waals surface area (Å²) in [7, 11) is 1.70. The van der Waals surface area contributed by atoms with E-state index in [0.717, 1.165) is 5.56 Å². The molecular formula is C13H19NO. The van der Waals surface area contributed by atoms with Gasteiger partial charge in [-0.1, -0.05) is 18.2 Å². The average molecular weight is 205 g/mol. The molecule has 1 unspecified atom stereocenters. The molecule has 0 heterocycles. The number of hydrogen-bond acceptors (Lipinski definition) is 2. The van der Waals surface area contributed by atoms with E-state index in [1.54, 1.807) is 7.11 Å². The van der Waals surface area contributed by atoms with E-state index in [4.69, 9.17) is 4.74 Å². The number of rotatable bonds is 4. The van der Waals surface area contributed by atoms with Gasteiger partial charge in [0.1, 0.15) is 0 Å². The van der Waals surface area contributed by atoms with Gasteiger partial charge in [0.25, 0.3) is 0 Å². The zero-order valence-electron chi connectivity index (χ0n) is 9.95. The molecule has 0 saturated heterocycles. The molecule has 0 aromatic heterocycles. The van der Waals surface area contributed by atoms with Crippen LogP contribution in [0.1, 0.15) is 23.6 Å². The molecule has 0 fully saturated rings. The number of methoxy groups -OCH3 is 1. The molecule has 1 rings (SSSR count). The Morgan fingerprint density at radius 2 is 2.07 bits per heavy atom. The van der Waals surface area contributed by atoms with Crippen molar-refractivity contribution in [3.05, 3.63) is 34.9 Å². The van der Waals surface area contributed by atoms with E-state index in [1.165, 1.54) is 11.1 Å². The third-order valence-corrected chi connectivity index (χ3v) is 2.54. The molecule has 0 N–H and O–H groups in total. The molecule has 0 amide bonds. The summed E-state index contributed by atoms with van der Waals surface area (Å²) < 4.78 is 5.12. The summed E-state index contributed by atoms with van der Waals surface area (Å²) in [6, 6.07) is 6.36. The van der Waals surface area contributed by atoms with E-state index in [-0.39, 0.29) is 6.10 Å². The molecule has 1 atom stereocenters. The lowest BCUT2D eigenvalue weighted by atomic mass is 10.1. The Balaban J connectivity index is 2.61. The molecular weight excluding hydrogens is 186 g/mol. The van der Waals surface area contributed by atoms with Crippen LogP contribution in [-0.4, -0.2) is 26.0 Å². The number of hydrogen-bond donors (Lipinski definition) is 0. The van der Waals surface area contributed by atoms with Crippen molar-refractivity contribution in [2.75, 3.05) is 13.7 Å². The van der Waals surface area contributed by atoms with Crippen LogP contribution in [-0.2, 0) is 4.74 Å². The van der Waals surface area contributed by atoms with Crippen molar-refractivity contribution in [2.45, 2.75) is 26.9 Å². The second kappa shape index (κ2) is 5.66. The van der Waals surface area contributed by atoms with E-state index in [2.05, 4.69) is 37.0 Å². The first-order chi connectivity index (χ1) is 7.13. The maximum absolute atomic E-state index is 5.12. The molecule has 1 aromatic rings. The van der Waals surface area contributed by atoms with Gasteiger partial charge in [0.2, 0.25) is 0 Å². The van der Waals surface area contributed by atoms with Crippen LogP contribution in [0.25, 0.3) is 0 Å². The van der Waals surface area contributed by atoms with Crippen LogP contribution in [0, 0.1) is 13.8 Å². The van der Waals surface area contributed by atoms with Crippen molar-refractivity contribution in [3.63, 3.8) is 0 Å². The molecule has 2 nitrogen and oxygen atoms in total. The fourth-order valence-corrected chi connectivity index (χ4v) is 1.23. The number of benzene rings is 1. The van der Waals surface area contributed by atoms with Crippen LogP contribution < -0.4 is 0 Å². The normalized spacial score (nSPS) is 13.3. The number of aryl methyl sites for hydroxylation is 2. The smallest absolute Gasteiger partial charge is 0.0738 e. The third-order valence-electron chi connectivity index (χ3n) is 2.54. The minimum absolute atomic E-state index is 0.188. The number of aliphatic imine (C=N–C) groups is 1. The van der Waals surface area contributed by atoms with E-state index < -0.39 is 0 Å². The summed E-state index contributed by atoms with van der Waals surface area (Å²) >= 11 is 0. The molecule has 1 aromatic carbocycles. The SMILES string of the molecule is COC(C)CN=Cc1ccc(C)c(C)c1. The van der Waals surface area contributed by atoms with Crippen LogP contribution in [0.2, 0.25) is 0 Å². The van der Waals surface area contributed by atoms with Gasteiger partial charge in [0, 0.05) is 13.3 Å². The Labute approximate surface area is 92.0 Å². The number of ether oxygens (including phenoxy) is 1. The maximum Gasteiger partial charge on any atom is 0.0738 e. The Bertz CT molecular complexity index is 344. The van der Waals surface area contributed by atoms with E-state index in [0.29, 0.717) is 6.54 Å². The Hall–Kier alpha value is -1.15. The quantitative estimate of drug-likeness (QED) is 0.693. The minimum atomic E-state index is 0.188. The van der Waals surface area contributed by atoms with Crippen LogP contribution in [0.3, 0.4) is 0 Å². The van der Waals surface area contributed by atoms with Gasteiger partial charge in [-0.05, 0) is 37.5 Å². The van der Waals surface area contributed by atoms with E-state index in [1.807, 2.05) is 13.1 Å². The highest BCUT2D eigenvalue weighted by molar-refractivity contribution is 5.80. The summed E-state index contributed by atoms with van der Waals surface area (Å²) in [6.45, 7) is 6.95. The molecule has 82 valence electrons. The summed E-state index contributed by atoms with van der Waals surface area (Å²) in [4.78, 5) is 4.33. The molecule has 2 heteroatoms. The highest BCUT2D eigenvalue weighted by atomic mass is 16.5. The van der Waals surface area contributed by atoms with Gasteiger partial charge in [-0.3, -0.25) is 4.99 Å². The predicted molar refractivity (Wildman–Crippen MR) is 64.8 cm³/mol. The van der Waals surface area contributed by atoms with Gasteiger partial charge < -0.3 is 4.74 Å². The van der Waals surface area contributed by atoms with Crippen molar-refractivity contribution in [1.82, 2.24) is 0 Å². The van der Waals surface area contributed by atoms with Gasteiger partial charge in [-0.2, -0.15) is 0 Å². The molecule has 15 heavy (non-hydrogen) atoms. The Kier molecular flexibility index (Phi) is 4.50. The molecule has 0 saturated carbocycles. The predicted octanol–water partition coefficient (Wildman–Crippen LogP) is 2.76. The first kappa shape index (κ1) is 11.9. The summed E-state index contributed by atoms with van der Waals surface area (Å²) in [5.74, 6) is 0. The van der Waals surface area contributed by atoms with Crippen LogP contribution in [0.5, 0.6) is 0 Å². The van der Waals surface area contributed by atoms with Gasteiger partial charge in [0.05, 0.1) is 12.6 Å². The monoisotopic (exact) mass is 205 g/mol. The fourth-order valence-electron chi connectivity index (χ4n) is 1.23. The Morgan fingerprint density at radius 1 is 1.33 bits per heavy atom. The molecule has 0 aliphatic heterocycles. The fraction of sp³-hybridized carbons (Fsp3) is 0.462. The average Bonchev–Trinajstić information content (AvgIpc) is 2.23. The second-order valence-corrected chi connectivity index (χ2v) is 3.88. The van der Waals surface area contributed by atoms with Crippen LogP contribution >= 0.6 is 0 Å². The lowest BCUT2D eigenvalue weighted by Gasteiger charge is -2.04. The van der Waals surface area contributed by atoms with Gasteiger partial charge in [-0.15, -0.1) is 0 Å². The van der Waals surface area contributed by atoms with E-state index in [9.17, 15) is 0 Å². The zero-order valence-corrected chi connectivity index (χ0v) is 9.95. The molecule has 0 radical (unpaired) electrons. The maximum atomic E-state index is 5.12. The van der Waals surface area contributed by atoms with Gasteiger partial charge in [0.15, 0.2) is 0 Å². The first-order valence-corrected chi connectivity index (χ1v) is 5.23. The van der Waals surface area contributed by atoms with Gasteiger partial charge >= 0.3 is 0 Å². The molecule has 0 aliphatic carbocycles. The van der Waals surface area contributed by atoms with Crippen molar-refractivity contribution < 1.29 is 4.74 Å². The van der Waals surface area contributed by atoms with Crippen molar-refractivity contribution in [1.29, 1.82) is 0 Å². The number of nitrogens with zero attached hydrogens (tertiary/aromatic N) is 1. The third kappa shape index (κ3) is 3.84. The molecule has 0 spiro atoms. The zero-order chi connectivity index (χ0) is 11.3. The highest BCUT2D eigenvalue weighted by Crippen LogP contribution is 2.08. The topological polar surface area (TPSA) is 21.6 Å². The lowest BCUT2D eigenvalue weighted by Crippen LogP contribution is -2.08. The van der Waals surface area contributed by atoms with E-state index >= 15 is 0 Å². The van der Waals surface area contributed by atoms with Gasteiger partial charge in [-0.25, -0.2) is 0 Å². The standard InChI is InChI=1S/C13H19NO/c1-10-5-6-13(7-11(10)2)9-14-8-12(3)15-4/h5-7,9,12H,8H2,1-4H3. The lowest BCUT2D eigenvalue weighted by molar-refractivity contribution is 0.126. The highest BCUT2D eigenvalue weighted by Gasteiger charge is 1.96. The largest absolute Gasteiger partial charge is 0.380 e. The van der Waals surface area contributed by atoms with Crippen molar-refractivity contribution >= 4 is 6.21 Å². The summed E-state index contributed by atoms with van der Waals surface area (Å²) in [6.07, 6.45) is 2.09. The Morgan fingerprint density at radius 3 is 2.67 bits per heavy atom.